The molecule has 0 spiro atoms. The van der Waals surface area contributed by atoms with E-state index in [1.54, 1.807) is 0 Å². The van der Waals surface area contributed by atoms with Gasteiger partial charge in [0.05, 0.1) is 11.0 Å². The summed E-state index contributed by atoms with van der Waals surface area (Å²) in [4.78, 5) is 10.5. The van der Waals surface area contributed by atoms with Crippen molar-refractivity contribution in [3.63, 3.8) is 0 Å². The molecular weight excluding hydrogens is 682 g/mol. The van der Waals surface area contributed by atoms with Crippen LogP contribution in [0.4, 0.5) is 0 Å². The summed E-state index contributed by atoms with van der Waals surface area (Å²) in [6.45, 7) is 4.43. The van der Waals surface area contributed by atoms with Crippen molar-refractivity contribution in [2.75, 3.05) is 0 Å². The van der Waals surface area contributed by atoms with Gasteiger partial charge in [0.1, 0.15) is 0 Å². The molecule has 198 valence electrons. The molecule has 4 aromatic carbocycles. The molecule has 0 aliphatic carbocycles. The summed E-state index contributed by atoms with van der Waals surface area (Å²) in [5.74, 6) is 0. The zero-order valence-electron chi connectivity index (χ0n) is 22.6. The standard InChI is InChI=1S/C37H25N3.Pt/c1-37(2,32-22-12-20-30(38-32)24-13-5-3-6-14-24)33-23-29-28-19-11-18-27-26-17-9-10-21-31(26)40(35(27)28)36(29)34(39-33)25-15-7-4-8-16-25;/h3-13,15,17-23H,1-2H3;/q-2;+2. The second kappa shape index (κ2) is 9.65. The molecule has 0 N–H and O–H groups in total. The Hall–Kier alpha value is -4.33. The predicted octanol–water partition coefficient (Wildman–Crippen LogP) is 8.88. The van der Waals surface area contributed by atoms with Gasteiger partial charge in [-0.1, -0.05) is 48.5 Å². The Morgan fingerprint density at radius 1 is 0.585 bits per heavy atom. The summed E-state index contributed by atoms with van der Waals surface area (Å²) in [5.41, 5.74) is 8.88. The molecule has 0 bridgehead atoms. The second-order valence-corrected chi connectivity index (χ2v) is 10.9. The summed E-state index contributed by atoms with van der Waals surface area (Å²) in [7, 11) is 0. The largest absolute Gasteiger partial charge is 2.00 e. The molecule has 41 heavy (non-hydrogen) atoms. The minimum absolute atomic E-state index is 0. The van der Waals surface area contributed by atoms with Crippen LogP contribution in [0.1, 0.15) is 25.2 Å². The molecule has 0 saturated heterocycles. The number of hydrogen-bond acceptors (Lipinski definition) is 2. The molecule has 4 heteroatoms. The number of nitrogens with zero attached hydrogens (tertiary/aromatic N) is 3. The van der Waals surface area contributed by atoms with Crippen LogP contribution < -0.4 is 0 Å². The second-order valence-electron chi connectivity index (χ2n) is 10.9. The third-order valence-electron chi connectivity index (χ3n) is 8.18. The Kier molecular flexibility index (Phi) is 6.03. The van der Waals surface area contributed by atoms with E-state index in [0.29, 0.717) is 0 Å². The summed E-state index contributed by atoms with van der Waals surface area (Å²) in [6, 6.07) is 46.7. The summed E-state index contributed by atoms with van der Waals surface area (Å²) in [5, 5.41) is 4.96. The minimum atomic E-state index is -0.448. The number of para-hydroxylation sites is 2. The molecule has 4 heterocycles. The molecule has 0 aliphatic heterocycles. The Labute approximate surface area is 253 Å². The molecule has 3 nitrogen and oxygen atoms in total. The number of benzene rings is 4. The van der Waals surface area contributed by atoms with Gasteiger partial charge in [0.2, 0.25) is 0 Å². The molecule has 0 atom stereocenters. The summed E-state index contributed by atoms with van der Waals surface area (Å²) in [6.07, 6.45) is 0. The molecular formula is C37H25N3Pt. The van der Waals surface area contributed by atoms with Gasteiger partial charge < -0.3 is 9.38 Å². The first-order valence-corrected chi connectivity index (χ1v) is 13.6. The van der Waals surface area contributed by atoms with E-state index >= 15 is 0 Å². The van der Waals surface area contributed by atoms with Crippen molar-refractivity contribution >= 4 is 38.1 Å². The molecule has 8 rings (SSSR count). The van der Waals surface area contributed by atoms with Crippen molar-refractivity contribution in [3.8, 4) is 22.5 Å². The van der Waals surface area contributed by atoms with E-state index in [9.17, 15) is 0 Å². The maximum Gasteiger partial charge on any atom is 2.00 e. The average Bonchev–Trinajstić information content (AvgIpc) is 3.54. The maximum atomic E-state index is 5.42. The van der Waals surface area contributed by atoms with Crippen LogP contribution in [0.5, 0.6) is 0 Å². The predicted molar refractivity (Wildman–Crippen MR) is 164 cm³/mol. The van der Waals surface area contributed by atoms with Gasteiger partial charge in [0, 0.05) is 49.6 Å². The van der Waals surface area contributed by atoms with Crippen LogP contribution in [-0.2, 0) is 26.5 Å². The van der Waals surface area contributed by atoms with E-state index in [1.807, 2.05) is 36.4 Å². The van der Waals surface area contributed by atoms with Crippen LogP contribution in [0.2, 0.25) is 0 Å². The Morgan fingerprint density at radius 2 is 1.24 bits per heavy atom. The Balaban J connectivity index is 0.00000276. The van der Waals surface area contributed by atoms with E-state index in [4.69, 9.17) is 9.97 Å². The fourth-order valence-corrected chi connectivity index (χ4v) is 6.10. The van der Waals surface area contributed by atoms with Crippen molar-refractivity contribution in [1.82, 2.24) is 14.4 Å². The zero-order valence-corrected chi connectivity index (χ0v) is 24.9. The van der Waals surface area contributed by atoms with Gasteiger partial charge in [-0.2, -0.15) is 0 Å². The van der Waals surface area contributed by atoms with Gasteiger partial charge >= 0.3 is 21.1 Å². The van der Waals surface area contributed by atoms with Crippen LogP contribution >= 0.6 is 0 Å². The van der Waals surface area contributed by atoms with Gasteiger partial charge in [0.25, 0.3) is 0 Å². The van der Waals surface area contributed by atoms with Crippen LogP contribution in [0.25, 0.3) is 60.6 Å². The first-order chi connectivity index (χ1) is 19.6. The van der Waals surface area contributed by atoms with Crippen LogP contribution in [0.3, 0.4) is 0 Å². The van der Waals surface area contributed by atoms with Crippen LogP contribution in [0, 0.1) is 12.1 Å². The van der Waals surface area contributed by atoms with Gasteiger partial charge in [-0.3, -0.25) is 4.98 Å². The molecule has 0 aliphatic rings. The van der Waals surface area contributed by atoms with Crippen molar-refractivity contribution in [2.24, 2.45) is 0 Å². The normalized spacial score (nSPS) is 12.0. The monoisotopic (exact) mass is 706 g/mol. The van der Waals surface area contributed by atoms with Gasteiger partial charge in [-0.25, -0.2) is 0 Å². The molecule has 0 saturated carbocycles. The maximum absolute atomic E-state index is 5.42. The quantitative estimate of drug-likeness (QED) is 0.171. The molecule has 4 aromatic heterocycles. The Morgan fingerprint density at radius 3 is 2.00 bits per heavy atom. The number of hydrogen-bond donors (Lipinski definition) is 0. The molecule has 0 radical (unpaired) electrons. The van der Waals surface area contributed by atoms with Crippen molar-refractivity contribution in [3.05, 3.63) is 139 Å². The first kappa shape index (κ1) is 25.6. The smallest absolute Gasteiger partial charge is 0.315 e. The number of rotatable bonds is 4. The number of fused-ring (bicyclic) bond motifs is 6. The number of aromatic nitrogens is 3. The molecule has 0 fully saturated rings. The zero-order chi connectivity index (χ0) is 26.8. The van der Waals surface area contributed by atoms with E-state index in [-0.39, 0.29) is 21.1 Å². The van der Waals surface area contributed by atoms with E-state index in [2.05, 4.69) is 109 Å². The average molecular weight is 707 g/mol. The van der Waals surface area contributed by atoms with Gasteiger partial charge in [-0.05, 0) is 37.7 Å². The van der Waals surface area contributed by atoms with Crippen molar-refractivity contribution in [1.29, 1.82) is 0 Å². The van der Waals surface area contributed by atoms with Gasteiger partial charge in [0.15, 0.2) is 0 Å². The van der Waals surface area contributed by atoms with E-state index in [0.717, 1.165) is 39.4 Å². The topological polar surface area (TPSA) is 30.2 Å². The first-order valence-electron chi connectivity index (χ1n) is 13.6. The number of pyridine rings is 2. The molecule has 0 unspecified atom stereocenters. The third-order valence-corrected chi connectivity index (χ3v) is 8.18. The minimum Gasteiger partial charge on any atom is -0.315 e. The third kappa shape index (κ3) is 3.84. The fourth-order valence-electron chi connectivity index (χ4n) is 6.10. The summed E-state index contributed by atoms with van der Waals surface area (Å²) < 4.78 is 2.40. The van der Waals surface area contributed by atoms with Crippen LogP contribution in [0.15, 0.2) is 115 Å². The Bertz CT molecular complexity index is 2180. The van der Waals surface area contributed by atoms with Crippen LogP contribution in [-0.4, -0.2) is 14.4 Å². The molecule has 8 aromatic rings. The van der Waals surface area contributed by atoms with Gasteiger partial charge in [-0.15, -0.1) is 71.8 Å². The van der Waals surface area contributed by atoms with Crippen molar-refractivity contribution < 1.29 is 21.1 Å². The summed E-state index contributed by atoms with van der Waals surface area (Å²) >= 11 is 0. The molecule has 0 amide bonds. The van der Waals surface area contributed by atoms with E-state index in [1.165, 1.54) is 32.6 Å². The fraction of sp³-hybridized carbons (Fsp3) is 0.0811. The SMILES string of the molecule is CC(C)(c1cccc(-c2[c-]cccc2)n1)c1cc2c3cccc4c5ccccc5n(c2c(-c2[c-]cccc2)n1)c43.[Pt+2]. The van der Waals surface area contributed by atoms with Crippen molar-refractivity contribution in [2.45, 2.75) is 19.3 Å². The van der Waals surface area contributed by atoms with E-state index < -0.39 is 5.41 Å².